The SMILES string of the molecule is Nc1ccccc1Cl.ONc1ccccc1. The van der Waals surface area contributed by atoms with Gasteiger partial charge in [-0.25, -0.2) is 0 Å². The molecule has 0 saturated heterocycles. The minimum Gasteiger partial charge on any atom is -0.398 e. The molecule has 0 aromatic heterocycles. The Kier molecular flexibility index (Phi) is 5.19. The summed E-state index contributed by atoms with van der Waals surface area (Å²) < 4.78 is 0. The molecule has 4 N–H and O–H groups in total. The first kappa shape index (κ1) is 12.4. The zero-order valence-corrected chi connectivity index (χ0v) is 9.35. The number of anilines is 2. The molecule has 0 unspecified atom stereocenters. The molecule has 2 rings (SSSR count). The van der Waals surface area contributed by atoms with E-state index in [9.17, 15) is 0 Å². The molecule has 0 aliphatic carbocycles. The van der Waals surface area contributed by atoms with Gasteiger partial charge in [-0.15, -0.1) is 0 Å². The van der Waals surface area contributed by atoms with E-state index in [4.69, 9.17) is 22.5 Å². The van der Waals surface area contributed by atoms with Crippen molar-refractivity contribution in [2.45, 2.75) is 0 Å². The van der Waals surface area contributed by atoms with Crippen LogP contribution >= 0.6 is 11.6 Å². The van der Waals surface area contributed by atoms with Gasteiger partial charge in [0.05, 0.1) is 16.4 Å². The van der Waals surface area contributed by atoms with Gasteiger partial charge in [0.2, 0.25) is 0 Å². The van der Waals surface area contributed by atoms with Gasteiger partial charge in [-0.2, -0.15) is 0 Å². The molecule has 3 nitrogen and oxygen atoms in total. The molecule has 0 aliphatic heterocycles. The summed E-state index contributed by atoms with van der Waals surface area (Å²) in [4.78, 5) is 0. The Balaban J connectivity index is 0.000000160. The van der Waals surface area contributed by atoms with Crippen LogP contribution in [0.2, 0.25) is 5.02 Å². The number of nitrogens with one attached hydrogen (secondary N) is 1. The molecule has 0 amide bonds. The van der Waals surface area contributed by atoms with Gasteiger partial charge in [-0.05, 0) is 24.3 Å². The van der Waals surface area contributed by atoms with Crippen LogP contribution in [-0.4, -0.2) is 5.21 Å². The predicted molar refractivity (Wildman–Crippen MR) is 67.7 cm³/mol. The molecular formula is C12H13ClN2O. The van der Waals surface area contributed by atoms with Gasteiger partial charge in [-0.3, -0.25) is 10.7 Å². The maximum absolute atomic E-state index is 8.29. The number of rotatable bonds is 1. The predicted octanol–water partition coefficient (Wildman–Crippen LogP) is 3.41. The lowest BCUT2D eigenvalue weighted by Crippen LogP contribution is -1.85. The number of benzene rings is 2. The highest BCUT2D eigenvalue weighted by Gasteiger charge is 1.87. The molecule has 0 spiro atoms. The Bertz CT molecular complexity index is 399. The highest BCUT2D eigenvalue weighted by atomic mass is 35.5. The summed E-state index contributed by atoms with van der Waals surface area (Å²) in [5.74, 6) is 0. The van der Waals surface area contributed by atoms with Crippen molar-refractivity contribution in [3.63, 3.8) is 0 Å². The molecule has 4 heteroatoms. The molecule has 0 radical (unpaired) electrons. The number of hydrogen-bond donors (Lipinski definition) is 3. The summed E-state index contributed by atoms with van der Waals surface area (Å²) in [6, 6.07) is 16.4. The first-order valence-electron chi connectivity index (χ1n) is 4.69. The summed E-state index contributed by atoms with van der Waals surface area (Å²) in [5.41, 5.74) is 8.76. The van der Waals surface area contributed by atoms with Crippen molar-refractivity contribution >= 4 is 23.0 Å². The molecule has 0 heterocycles. The van der Waals surface area contributed by atoms with Crippen LogP contribution in [0.3, 0.4) is 0 Å². The Morgan fingerprint density at radius 2 is 1.50 bits per heavy atom. The number of hydrogen-bond acceptors (Lipinski definition) is 3. The highest BCUT2D eigenvalue weighted by Crippen LogP contribution is 2.15. The second-order valence-corrected chi connectivity index (χ2v) is 3.41. The van der Waals surface area contributed by atoms with Crippen LogP contribution in [-0.2, 0) is 0 Å². The molecule has 2 aromatic rings. The Hall–Kier alpha value is -1.71. The molecular weight excluding hydrogens is 224 g/mol. The lowest BCUT2D eigenvalue weighted by Gasteiger charge is -1.92. The first-order chi connectivity index (χ1) is 7.74. The van der Waals surface area contributed by atoms with Gasteiger partial charge in [0, 0.05) is 0 Å². The van der Waals surface area contributed by atoms with Gasteiger partial charge in [0.1, 0.15) is 0 Å². The quantitative estimate of drug-likeness (QED) is 0.525. The lowest BCUT2D eigenvalue weighted by molar-refractivity contribution is 0.389. The van der Waals surface area contributed by atoms with Crippen molar-refractivity contribution in [3.05, 3.63) is 59.6 Å². The standard InChI is InChI=1S/C6H6ClN.C6H7NO/c7-5-3-1-2-4-6(5)8;8-7-6-4-2-1-3-5-6/h1-4H,8H2;1-5,7-8H. The smallest absolute Gasteiger partial charge is 0.0635 e. The minimum atomic E-state index is 0.618. The first-order valence-corrected chi connectivity index (χ1v) is 5.07. The van der Waals surface area contributed by atoms with Crippen LogP contribution in [0.4, 0.5) is 11.4 Å². The lowest BCUT2D eigenvalue weighted by atomic mass is 10.3. The van der Waals surface area contributed by atoms with Crippen molar-refractivity contribution in [1.29, 1.82) is 0 Å². The van der Waals surface area contributed by atoms with Gasteiger partial charge < -0.3 is 5.73 Å². The largest absolute Gasteiger partial charge is 0.398 e. The Morgan fingerprint density at radius 3 is 1.88 bits per heavy atom. The van der Waals surface area contributed by atoms with E-state index >= 15 is 0 Å². The van der Waals surface area contributed by atoms with E-state index in [1.807, 2.05) is 35.8 Å². The summed E-state index contributed by atoms with van der Waals surface area (Å²) in [5, 5.41) is 8.91. The molecule has 0 bridgehead atoms. The van der Waals surface area contributed by atoms with Crippen molar-refractivity contribution in [2.24, 2.45) is 0 Å². The second kappa shape index (κ2) is 6.71. The monoisotopic (exact) mass is 236 g/mol. The van der Waals surface area contributed by atoms with Crippen LogP contribution < -0.4 is 11.2 Å². The summed E-state index contributed by atoms with van der Waals surface area (Å²) in [7, 11) is 0. The van der Waals surface area contributed by atoms with Crippen molar-refractivity contribution < 1.29 is 5.21 Å². The third kappa shape index (κ3) is 4.21. The fourth-order valence-electron chi connectivity index (χ4n) is 0.988. The third-order valence-corrected chi connectivity index (χ3v) is 2.15. The topological polar surface area (TPSA) is 58.3 Å². The van der Waals surface area contributed by atoms with E-state index in [2.05, 4.69) is 0 Å². The van der Waals surface area contributed by atoms with Crippen LogP contribution in [0.15, 0.2) is 54.6 Å². The van der Waals surface area contributed by atoms with Crippen molar-refractivity contribution in [3.8, 4) is 0 Å². The van der Waals surface area contributed by atoms with Crippen LogP contribution in [0.1, 0.15) is 0 Å². The van der Waals surface area contributed by atoms with E-state index in [0.717, 1.165) is 0 Å². The highest BCUT2D eigenvalue weighted by molar-refractivity contribution is 6.33. The summed E-state index contributed by atoms with van der Waals surface area (Å²) in [6.07, 6.45) is 0. The van der Waals surface area contributed by atoms with E-state index in [1.165, 1.54) is 0 Å². The zero-order valence-electron chi connectivity index (χ0n) is 8.60. The number of halogens is 1. The third-order valence-electron chi connectivity index (χ3n) is 1.81. The van der Waals surface area contributed by atoms with Crippen molar-refractivity contribution in [1.82, 2.24) is 0 Å². The van der Waals surface area contributed by atoms with Gasteiger partial charge in [0.15, 0.2) is 0 Å². The number of nitrogen functional groups attached to an aromatic ring is 1. The normalized spacial score (nSPS) is 8.88. The average Bonchev–Trinajstić information content (AvgIpc) is 2.35. The maximum Gasteiger partial charge on any atom is 0.0635 e. The fraction of sp³-hybridized carbons (Fsp3) is 0. The molecule has 0 saturated carbocycles. The van der Waals surface area contributed by atoms with Crippen LogP contribution in [0.25, 0.3) is 0 Å². The minimum absolute atomic E-state index is 0.618. The van der Waals surface area contributed by atoms with Gasteiger partial charge in [0.25, 0.3) is 0 Å². The molecule has 0 fully saturated rings. The number of para-hydroxylation sites is 2. The average molecular weight is 237 g/mol. The Morgan fingerprint density at radius 1 is 0.938 bits per heavy atom. The zero-order chi connectivity index (χ0) is 11.8. The van der Waals surface area contributed by atoms with E-state index < -0.39 is 0 Å². The Labute approximate surface area is 99.4 Å². The van der Waals surface area contributed by atoms with Crippen LogP contribution in [0, 0.1) is 0 Å². The van der Waals surface area contributed by atoms with Gasteiger partial charge in [-0.1, -0.05) is 41.9 Å². The number of nitrogens with two attached hydrogens (primary N) is 1. The molecule has 16 heavy (non-hydrogen) atoms. The fourth-order valence-corrected chi connectivity index (χ4v) is 1.12. The van der Waals surface area contributed by atoms with E-state index in [0.29, 0.717) is 16.4 Å². The van der Waals surface area contributed by atoms with Crippen LogP contribution in [0.5, 0.6) is 0 Å². The molecule has 2 aromatic carbocycles. The molecule has 0 aliphatic rings. The van der Waals surface area contributed by atoms with Gasteiger partial charge >= 0.3 is 0 Å². The van der Waals surface area contributed by atoms with E-state index in [1.54, 1.807) is 24.3 Å². The maximum atomic E-state index is 8.29. The molecule has 0 atom stereocenters. The van der Waals surface area contributed by atoms with Crippen molar-refractivity contribution in [2.75, 3.05) is 11.2 Å². The summed E-state index contributed by atoms with van der Waals surface area (Å²) in [6.45, 7) is 0. The summed E-state index contributed by atoms with van der Waals surface area (Å²) >= 11 is 5.58. The second-order valence-electron chi connectivity index (χ2n) is 3.00. The molecule has 84 valence electrons. The van der Waals surface area contributed by atoms with E-state index in [-0.39, 0.29) is 0 Å².